The van der Waals surface area contributed by atoms with E-state index >= 15 is 0 Å². The van der Waals surface area contributed by atoms with Crippen LogP contribution in [0.25, 0.3) is 0 Å². The van der Waals surface area contributed by atoms with E-state index in [9.17, 15) is 9.18 Å². The number of hydrogen-bond acceptors (Lipinski definition) is 2. The van der Waals surface area contributed by atoms with Crippen LogP contribution in [-0.4, -0.2) is 12.0 Å². The molecule has 22 heavy (non-hydrogen) atoms. The molecule has 116 valence electrons. The SMILES string of the molecule is CC(Oc1ccc(F)cc1)C(=O)NCc1ccc(Cl)cc1Cl. The molecule has 0 aliphatic rings. The standard InChI is InChI=1S/C16H14Cl2FNO2/c1-10(22-14-6-4-13(19)5-7-14)16(21)20-9-11-2-3-12(17)8-15(11)18/h2-8,10H,9H2,1H3,(H,20,21). The van der Waals surface area contributed by atoms with Gasteiger partial charge in [-0.25, -0.2) is 4.39 Å². The Labute approximate surface area is 138 Å². The normalized spacial score (nSPS) is 11.8. The Morgan fingerprint density at radius 1 is 1.23 bits per heavy atom. The van der Waals surface area contributed by atoms with Crippen LogP contribution >= 0.6 is 23.2 Å². The molecule has 0 aliphatic heterocycles. The molecule has 2 rings (SSSR count). The molecule has 1 N–H and O–H groups in total. The Hall–Kier alpha value is -1.78. The predicted octanol–water partition coefficient (Wildman–Crippen LogP) is 4.22. The molecule has 0 fully saturated rings. The van der Waals surface area contributed by atoms with Gasteiger partial charge in [-0.3, -0.25) is 4.79 Å². The molecule has 0 spiro atoms. The van der Waals surface area contributed by atoms with Gasteiger partial charge in [0.05, 0.1) is 0 Å². The fraction of sp³-hybridized carbons (Fsp3) is 0.188. The molecule has 0 bridgehead atoms. The van der Waals surface area contributed by atoms with E-state index < -0.39 is 6.10 Å². The van der Waals surface area contributed by atoms with Gasteiger partial charge in [-0.15, -0.1) is 0 Å². The maximum absolute atomic E-state index is 12.8. The molecule has 0 saturated heterocycles. The average molecular weight is 342 g/mol. The molecule has 0 saturated carbocycles. The summed E-state index contributed by atoms with van der Waals surface area (Å²) >= 11 is 11.8. The van der Waals surface area contributed by atoms with Crippen LogP contribution in [0.4, 0.5) is 4.39 Å². The van der Waals surface area contributed by atoms with E-state index in [-0.39, 0.29) is 18.3 Å². The van der Waals surface area contributed by atoms with Crippen LogP contribution in [0.1, 0.15) is 12.5 Å². The van der Waals surface area contributed by atoms with Crippen molar-refractivity contribution in [2.24, 2.45) is 0 Å². The van der Waals surface area contributed by atoms with Crippen molar-refractivity contribution in [2.75, 3.05) is 0 Å². The second-order valence-electron chi connectivity index (χ2n) is 4.67. The van der Waals surface area contributed by atoms with Crippen LogP contribution in [-0.2, 0) is 11.3 Å². The Morgan fingerprint density at radius 2 is 1.91 bits per heavy atom. The summed E-state index contributed by atoms with van der Waals surface area (Å²) in [7, 11) is 0. The van der Waals surface area contributed by atoms with Crippen LogP contribution in [0.5, 0.6) is 5.75 Å². The number of carbonyl (C=O) groups is 1. The van der Waals surface area contributed by atoms with Gasteiger partial charge in [-0.2, -0.15) is 0 Å². The number of amides is 1. The van der Waals surface area contributed by atoms with Crippen LogP contribution in [0.2, 0.25) is 10.0 Å². The molecule has 0 heterocycles. The third-order valence-electron chi connectivity index (χ3n) is 2.96. The van der Waals surface area contributed by atoms with Crippen molar-refractivity contribution < 1.29 is 13.9 Å². The molecule has 1 atom stereocenters. The maximum atomic E-state index is 12.8. The van der Waals surface area contributed by atoms with Crippen molar-refractivity contribution >= 4 is 29.1 Å². The van der Waals surface area contributed by atoms with E-state index in [4.69, 9.17) is 27.9 Å². The minimum absolute atomic E-state index is 0.270. The largest absolute Gasteiger partial charge is 0.481 e. The zero-order valence-corrected chi connectivity index (χ0v) is 13.3. The lowest BCUT2D eigenvalue weighted by molar-refractivity contribution is -0.127. The van der Waals surface area contributed by atoms with Gasteiger partial charge >= 0.3 is 0 Å². The van der Waals surface area contributed by atoms with E-state index in [2.05, 4.69) is 5.32 Å². The fourth-order valence-electron chi connectivity index (χ4n) is 1.76. The number of ether oxygens (including phenoxy) is 1. The average Bonchev–Trinajstić information content (AvgIpc) is 2.48. The lowest BCUT2D eigenvalue weighted by Gasteiger charge is -2.15. The monoisotopic (exact) mass is 341 g/mol. The van der Waals surface area contributed by atoms with Crippen molar-refractivity contribution in [3.05, 3.63) is 63.9 Å². The molecule has 0 aliphatic carbocycles. The minimum Gasteiger partial charge on any atom is -0.481 e. The van der Waals surface area contributed by atoms with Crippen LogP contribution in [0.15, 0.2) is 42.5 Å². The molecule has 2 aromatic carbocycles. The molecule has 0 radical (unpaired) electrons. The maximum Gasteiger partial charge on any atom is 0.261 e. The van der Waals surface area contributed by atoms with Crippen molar-refractivity contribution in [3.63, 3.8) is 0 Å². The first-order valence-electron chi connectivity index (χ1n) is 6.59. The third-order valence-corrected chi connectivity index (χ3v) is 3.55. The van der Waals surface area contributed by atoms with Gasteiger partial charge in [0, 0.05) is 16.6 Å². The minimum atomic E-state index is -0.712. The lowest BCUT2D eigenvalue weighted by atomic mass is 10.2. The van der Waals surface area contributed by atoms with E-state index in [0.717, 1.165) is 5.56 Å². The Balaban J connectivity index is 1.89. The van der Waals surface area contributed by atoms with E-state index in [1.165, 1.54) is 24.3 Å². The number of rotatable bonds is 5. The zero-order chi connectivity index (χ0) is 16.1. The van der Waals surface area contributed by atoms with E-state index in [1.807, 2.05) is 0 Å². The first-order valence-corrected chi connectivity index (χ1v) is 7.35. The highest BCUT2D eigenvalue weighted by Crippen LogP contribution is 2.20. The molecule has 1 amide bonds. The van der Waals surface area contributed by atoms with E-state index in [0.29, 0.717) is 15.8 Å². The highest BCUT2D eigenvalue weighted by atomic mass is 35.5. The number of hydrogen-bond donors (Lipinski definition) is 1. The summed E-state index contributed by atoms with van der Waals surface area (Å²) in [4.78, 5) is 12.0. The number of carbonyl (C=O) groups excluding carboxylic acids is 1. The molecule has 1 unspecified atom stereocenters. The highest BCUT2D eigenvalue weighted by molar-refractivity contribution is 6.35. The van der Waals surface area contributed by atoms with Gasteiger partial charge in [0.15, 0.2) is 6.10 Å². The summed E-state index contributed by atoms with van der Waals surface area (Å²) < 4.78 is 18.2. The summed E-state index contributed by atoms with van der Waals surface area (Å²) in [5.74, 6) is -0.231. The van der Waals surface area contributed by atoms with Crippen LogP contribution < -0.4 is 10.1 Å². The van der Waals surface area contributed by atoms with Gasteiger partial charge in [-0.1, -0.05) is 29.3 Å². The molecule has 0 aromatic heterocycles. The quantitative estimate of drug-likeness (QED) is 0.884. The smallest absolute Gasteiger partial charge is 0.261 e. The topological polar surface area (TPSA) is 38.3 Å². The number of nitrogens with one attached hydrogen (secondary N) is 1. The first kappa shape index (κ1) is 16.6. The third kappa shape index (κ3) is 4.61. The summed E-state index contributed by atoms with van der Waals surface area (Å²) in [6, 6.07) is 10.5. The van der Waals surface area contributed by atoms with Gasteiger partial charge in [0.25, 0.3) is 5.91 Å². The highest BCUT2D eigenvalue weighted by Gasteiger charge is 2.15. The Bertz CT molecular complexity index is 662. The Morgan fingerprint density at radius 3 is 2.55 bits per heavy atom. The summed E-state index contributed by atoms with van der Waals surface area (Å²) in [5.41, 5.74) is 0.758. The molecule has 6 heteroatoms. The Kier molecular flexibility index (Phi) is 5.63. The summed E-state index contributed by atoms with van der Waals surface area (Å²) in [6.45, 7) is 1.88. The van der Waals surface area contributed by atoms with E-state index in [1.54, 1.807) is 25.1 Å². The first-order chi connectivity index (χ1) is 10.5. The second-order valence-corrected chi connectivity index (χ2v) is 5.51. The van der Waals surface area contributed by atoms with Crippen molar-refractivity contribution in [1.82, 2.24) is 5.32 Å². The lowest BCUT2D eigenvalue weighted by Crippen LogP contribution is -2.35. The molecular weight excluding hydrogens is 328 g/mol. The van der Waals surface area contributed by atoms with Gasteiger partial charge in [0.2, 0.25) is 0 Å². The number of benzene rings is 2. The molecule has 2 aromatic rings. The van der Waals surface area contributed by atoms with Crippen LogP contribution in [0, 0.1) is 5.82 Å². The fourth-order valence-corrected chi connectivity index (χ4v) is 2.24. The van der Waals surface area contributed by atoms with Gasteiger partial charge in [-0.05, 0) is 48.9 Å². The van der Waals surface area contributed by atoms with Crippen molar-refractivity contribution in [1.29, 1.82) is 0 Å². The molecular formula is C16H14Cl2FNO2. The van der Waals surface area contributed by atoms with Crippen molar-refractivity contribution in [3.8, 4) is 5.75 Å². The number of halogens is 3. The zero-order valence-electron chi connectivity index (χ0n) is 11.8. The molecule has 3 nitrogen and oxygen atoms in total. The van der Waals surface area contributed by atoms with Gasteiger partial charge < -0.3 is 10.1 Å². The predicted molar refractivity (Wildman–Crippen MR) is 84.8 cm³/mol. The van der Waals surface area contributed by atoms with Crippen LogP contribution in [0.3, 0.4) is 0 Å². The van der Waals surface area contributed by atoms with Gasteiger partial charge in [0.1, 0.15) is 11.6 Å². The van der Waals surface area contributed by atoms with Crippen molar-refractivity contribution in [2.45, 2.75) is 19.6 Å². The second kappa shape index (κ2) is 7.47. The summed E-state index contributed by atoms with van der Waals surface area (Å²) in [6.07, 6.45) is -0.712. The summed E-state index contributed by atoms with van der Waals surface area (Å²) in [5, 5.41) is 3.75.